The lowest BCUT2D eigenvalue weighted by atomic mass is 9.81. The first kappa shape index (κ1) is 21.1. The van der Waals surface area contributed by atoms with E-state index in [9.17, 15) is 0 Å². The summed E-state index contributed by atoms with van der Waals surface area (Å²) in [4.78, 5) is 4.72. The van der Waals surface area contributed by atoms with Crippen LogP contribution in [-0.4, -0.2) is 40.6 Å². The minimum Gasteiger partial charge on any atom is -0.726 e. The molecular formula is C22H24N2O4S. The molecule has 2 heterocycles. The minimum absolute atomic E-state index is 0.0189. The summed E-state index contributed by atoms with van der Waals surface area (Å²) in [5.41, 5.74) is 7.64. The van der Waals surface area contributed by atoms with Crippen LogP contribution < -0.4 is 0 Å². The van der Waals surface area contributed by atoms with E-state index in [0.29, 0.717) is 0 Å². The number of benzene rings is 2. The lowest BCUT2D eigenvalue weighted by molar-refractivity contribution is -0.401. The first-order chi connectivity index (χ1) is 13.5. The number of fused-ring (bicyclic) bond motifs is 2. The van der Waals surface area contributed by atoms with Crippen LogP contribution in [-0.2, 0) is 15.8 Å². The van der Waals surface area contributed by atoms with Gasteiger partial charge in [-0.2, -0.15) is 4.58 Å². The Bertz CT molecular complexity index is 1140. The van der Waals surface area contributed by atoms with Gasteiger partial charge in [0.15, 0.2) is 5.71 Å². The molecule has 0 bridgehead atoms. The molecule has 152 valence electrons. The summed E-state index contributed by atoms with van der Waals surface area (Å²) < 4.78 is 35.2. The van der Waals surface area contributed by atoms with Crippen LogP contribution in [0.1, 0.15) is 37.8 Å². The molecule has 0 saturated carbocycles. The zero-order valence-corrected chi connectivity index (χ0v) is 17.6. The molecule has 0 saturated heterocycles. The molecule has 0 amide bonds. The van der Waals surface area contributed by atoms with Gasteiger partial charge in [0.05, 0.1) is 11.1 Å². The predicted molar refractivity (Wildman–Crippen MR) is 114 cm³/mol. The number of aliphatic imine (C=N–C) groups is 1. The fraction of sp³-hybridized carbons (Fsp3) is 0.273. The molecule has 1 atom stereocenters. The number of hydrogen-bond acceptors (Lipinski definition) is 4. The van der Waals surface area contributed by atoms with Gasteiger partial charge in [-0.05, 0) is 32.4 Å². The molecule has 0 radical (unpaired) electrons. The van der Waals surface area contributed by atoms with E-state index in [1.165, 1.54) is 28.2 Å². The molecule has 2 aliphatic heterocycles. The first-order valence-electron chi connectivity index (χ1n) is 9.21. The molecule has 7 heteroatoms. The van der Waals surface area contributed by atoms with Gasteiger partial charge in [-0.3, -0.25) is 9.55 Å². The number of para-hydroxylation sites is 2. The van der Waals surface area contributed by atoms with Gasteiger partial charge < -0.3 is 4.55 Å². The van der Waals surface area contributed by atoms with E-state index in [-0.39, 0.29) is 11.3 Å². The SMILES string of the molecule is CC1=Nc2ccccc2C1C=CC1=[N+](C)c2ccccc2C1(C)C.O=S(=O)([O-])O. The maximum absolute atomic E-state index is 8.63. The van der Waals surface area contributed by atoms with Gasteiger partial charge in [-0.15, -0.1) is 0 Å². The van der Waals surface area contributed by atoms with E-state index in [1.54, 1.807) is 0 Å². The third-order valence-corrected chi connectivity index (χ3v) is 5.41. The van der Waals surface area contributed by atoms with Crippen molar-refractivity contribution in [2.45, 2.75) is 32.1 Å². The van der Waals surface area contributed by atoms with Gasteiger partial charge in [0.1, 0.15) is 7.05 Å². The molecule has 0 aliphatic carbocycles. The van der Waals surface area contributed by atoms with Gasteiger partial charge in [-0.25, -0.2) is 8.42 Å². The van der Waals surface area contributed by atoms with Crippen LogP contribution >= 0.6 is 0 Å². The van der Waals surface area contributed by atoms with E-state index in [0.717, 1.165) is 5.69 Å². The Morgan fingerprint density at radius 2 is 1.72 bits per heavy atom. The second kappa shape index (κ2) is 7.67. The molecular weight excluding hydrogens is 388 g/mol. The standard InChI is InChI=1S/C22H23N2.H2O4S/c1-15-16(17-9-5-7-11-19(17)23-15)13-14-21-22(2,3)18-10-6-8-12-20(18)24(21)4;1-5(2,3)4/h5-14,16H,1-4H3;(H2,1,2,3,4)/q+1;/p-1. The summed E-state index contributed by atoms with van der Waals surface area (Å²) in [5, 5.41) is 0. The third-order valence-electron chi connectivity index (χ3n) is 5.41. The monoisotopic (exact) mass is 412 g/mol. The fourth-order valence-corrected chi connectivity index (χ4v) is 4.07. The Balaban J connectivity index is 0.000000431. The van der Waals surface area contributed by atoms with Crippen molar-refractivity contribution in [3.05, 3.63) is 71.8 Å². The van der Waals surface area contributed by atoms with Gasteiger partial charge in [0.25, 0.3) is 0 Å². The normalized spacial score (nSPS) is 19.5. The summed E-state index contributed by atoms with van der Waals surface area (Å²) in [5.74, 6) is 0.279. The van der Waals surface area contributed by atoms with Crippen molar-refractivity contribution < 1.29 is 22.1 Å². The number of hydrogen-bond donors (Lipinski definition) is 1. The van der Waals surface area contributed by atoms with Crippen molar-refractivity contribution in [3.63, 3.8) is 0 Å². The summed E-state index contributed by atoms with van der Waals surface area (Å²) in [6.07, 6.45) is 4.61. The second-order valence-corrected chi connectivity index (χ2v) is 8.52. The zero-order chi connectivity index (χ0) is 21.4. The highest BCUT2D eigenvalue weighted by atomic mass is 32.3. The maximum Gasteiger partial charge on any atom is 0.215 e. The van der Waals surface area contributed by atoms with Crippen molar-refractivity contribution in [3.8, 4) is 0 Å². The van der Waals surface area contributed by atoms with Crippen molar-refractivity contribution >= 4 is 33.2 Å². The van der Waals surface area contributed by atoms with E-state index >= 15 is 0 Å². The van der Waals surface area contributed by atoms with Gasteiger partial charge in [-0.1, -0.05) is 42.5 Å². The highest BCUT2D eigenvalue weighted by Gasteiger charge is 2.42. The molecule has 0 aromatic heterocycles. The van der Waals surface area contributed by atoms with Crippen molar-refractivity contribution in [2.24, 2.45) is 4.99 Å². The van der Waals surface area contributed by atoms with Crippen LogP contribution in [0.4, 0.5) is 11.4 Å². The van der Waals surface area contributed by atoms with E-state index in [4.69, 9.17) is 22.5 Å². The van der Waals surface area contributed by atoms with Crippen LogP contribution in [0.2, 0.25) is 0 Å². The lowest BCUT2D eigenvalue weighted by Gasteiger charge is -2.15. The molecule has 0 spiro atoms. The van der Waals surface area contributed by atoms with Crippen LogP contribution in [0, 0.1) is 0 Å². The van der Waals surface area contributed by atoms with Crippen molar-refractivity contribution in [1.29, 1.82) is 0 Å². The summed E-state index contributed by atoms with van der Waals surface area (Å²) >= 11 is 0. The summed E-state index contributed by atoms with van der Waals surface area (Å²) in [7, 11) is -2.75. The largest absolute Gasteiger partial charge is 0.726 e. The summed E-state index contributed by atoms with van der Waals surface area (Å²) in [6, 6.07) is 17.1. The predicted octanol–water partition coefficient (Wildman–Crippen LogP) is 4.14. The molecule has 2 aliphatic rings. The molecule has 29 heavy (non-hydrogen) atoms. The minimum atomic E-state index is -4.92. The molecule has 1 unspecified atom stereocenters. The number of nitrogens with zero attached hydrogens (tertiary/aromatic N) is 2. The average Bonchev–Trinajstić information content (AvgIpc) is 3.04. The van der Waals surface area contributed by atoms with Crippen LogP contribution in [0.25, 0.3) is 0 Å². The van der Waals surface area contributed by atoms with E-state index < -0.39 is 10.4 Å². The Labute approximate surface area is 171 Å². The van der Waals surface area contributed by atoms with Crippen molar-refractivity contribution in [2.75, 3.05) is 7.05 Å². The molecule has 1 N–H and O–H groups in total. The molecule has 0 fully saturated rings. The third kappa shape index (κ3) is 4.37. The molecule has 2 aromatic rings. The first-order valence-corrected chi connectivity index (χ1v) is 10.6. The molecule has 4 rings (SSSR count). The Morgan fingerprint density at radius 1 is 1.14 bits per heavy atom. The number of allylic oxidation sites excluding steroid dienone is 2. The Morgan fingerprint density at radius 3 is 2.38 bits per heavy atom. The smallest absolute Gasteiger partial charge is 0.215 e. The fourth-order valence-electron chi connectivity index (χ4n) is 4.07. The van der Waals surface area contributed by atoms with Crippen LogP contribution in [0.15, 0.2) is 65.7 Å². The van der Waals surface area contributed by atoms with Crippen LogP contribution in [0.3, 0.4) is 0 Å². The van der Waals surface area contributed by atoms with Gasteiger partial charge in [0.2, 0.25) is 16.1 Å². The lowest BCUT2D eigenvalue weighted by Crippen LogP contribution is -2.26. The number of rotatable bonds is 2. The van der Waals surface area contributed by atoms with Gasteiger partial charge in [0, 0.05) is 29.3 Å². The maximum atomic E-state index is 8.63. The molecule has 2 aromatic carbocycles. The highest BCUT2D eigenvalue weighted by molar-refractivity contribution is 7.79. The quantitative estimate of drug-likeness (QED) is 0.456. The van der Waals surface area contributed by atoms with E-state index in [1.807, 2.05) is 0 Å². The second-order valence-electron chi connectivity index (χ2n) is 7.66. The van der Waals surface area contributed by atoms with Crippen LogP contribution in [0.5, 0.6) is 0 Å². The Kier molecular flexibility index (Phi) is 5.58. The average molecular weight is 413 g/mol. The topological polar surface area (TPSA) is 92.8 Å². The zero-order valence-electron chi connectivity index (χ0n) is 16.8. The van der Waals surface area contributed by atoms with Crippen molar-refractivity contribution in [1.82, 2.24) is 0 Å². The molecule has 6 nitrogen and oxygen atoms in total. The van der Waals surface area contributed by atoms with Gasteiger partial charge >= 0.3 is 0 Å². The highest BCUT2D eigenvalue weighted by Crippen LogP contribution is 2.40. The summed E-state index contributed by atoms with van der Waals surface area (Å²) in [6.45, 7) is 6.73. The Hall–Kier alpha value is -2.61. The van der Waals surface area contributed by atoms with E-state index in [2.05, 4.69) is 93.1 Å².